The van der Waals surface area contributed by atoms with Crippen molar-refractivity contribution in [3.05, 3.63) is 47.8 Å². The van der Waals surface area contributed by atoms with Crippen LogP contribution in [0.5, 0.6) is 0 Å². The van der Waals surface area contributed by atoms with Crippen molar-refractivity contribution >= 4 is 12.0 Å². The SMILES string of the molecule is Cc1[nH]c(-c2ccccc2)nc1/C=C/C(=O)O. The average Bonchev–Trinajstić information content (AvgIpc) is 2.69. The van der Waals surface area contributed by atoms with Gasteiger partial charge in [-0.05, 0) is 13.0 Å². The molecule has 2 aromatic rings. The quantitative estimate of drug-likeness (QED) is 0.793. The number of aliphatic carboxylic acids is 1. The Morgan fingerprint density at radius 3 is 2.71 bits per heavy atom. The molecule has 0 aliphatic heterocycles. The van der Waals surface area contributed by atoms with Gasteiger partial charge < -0.3 is 10.1 Å². The highest BCUT2D eigenvalue weighted by Crippen LogP contribution is 2.18. The zero-order valence-corrected chi connectivity index (χ0v) is 9.34. The molecule has 0 unspecified atom stereocenters. The first kappa shape index (κ1) is 11.1. The summed E-state index contributed by atoms with van der Waals surface area (Å²) in [5.74, 6) is -0.234. The lowest BCUT2D eigenvalue weighted by Gasteiger charge is -1.93. The monoisotopic (exact) mass is 228 g/mol. The number of aryl methyl sites for hydroxylation is 1. The first-order chi connectivity index (χ1) is 8.16. The molecule has 0 bridgehead atoms. The van der Waals surface area contributed by atoms with E-state index < -0.39 is 5.97 Å². The zero-order valence-electron chi connectivity index (χ0n) is 9.34. The van der Waals surface area contributed by atoms with Gasteiger partial charge in [-0.2, -0.15) is 0 Å². The van der Waals surface area contributed by atoms with Gasteiger partial charge in [0.25, 0.3) is 0 Å². The van der Waals surface area contributed by atoms with Crippen LogP contribution >= 0.6 is 0 Å². The molecule has 0 saturated heterocycles. The topological polar surface area (TPSA) is 66.0 Å². The number of carbonyl (C=O) groups is 1. The van der Waals surface area contributed by atoms with Gasteiger partial charge in [0.15, 0.2) is 0 Å². The fourth-order valence-electron chi connectivity index (χ4n) is 1.52. The molecule has 0 amide bonds. The summed E-state index contributed by atoms with van der Waals surface area (Å²) in [4.78, 5) is 17.9. The Kier molecular flexibility index (Phi) is 3.05. The van der Waals surface area contributed by atoms with Crippen molar-refractivity contribution in [3.63, 3.8) is 0 Å². The minimum Gasteiger partial charge on any atom is -0.478 e. The molecule has 1 heterocycles. The maximum Gasteiger partial charge on any atom is 0.328 e. The van der Waals surface area contributed by atoms with Crippen molar-refractivity contribution < 1.29 is 9.90 Å². The lowest BCUT2D eigenvalue weighted by atomic mass is 10.2. The van der Waals surface area contributed by atoms with E-state index in [2.05, 4.69) is 9.97 Å². The average molecular weight is 228 g/mol. The minimum atomic E-state index is -0.978. The molecule has 2 N–H and O–H groups in total. The van der Waals surface area contributed by atoms with Gasteiger partial charge in [0.05, 0.1) is 5.69 Å². The Morgan fingerprint density at radius 1 is 1.35 bits per heavy atom. The number of aromatic nitrogens is 2. The van der Waals surface area contributed by atoms with Crippen LogP contribution in [0, 0.1) is 6.92 Å². The second kappa shape index (κ2) is 4.65. The van der Waals surface area contributed by atoms with Crippen molar-refractivity contribution in [2.45, 2.75) is 6.92 Å². The minimum absolute atomic E-state index is 0.645. The molecule has 0 atom stereocenters. The molecule has 4 nitrogen and oxygen atoms in total. The van der Waals surface area contributed by atoms with Gasteiger partial charge >= 0.3 is 5.97 Å². The number of aromatic amines is 1. The van der Waals surface area contributed by atoms with Crippen LogP contribution in [-0.4, -0.2) is 21.0 Å². The predicted molar refractivity (Wildman–Crippen MR) is 65.4 cm³/mol. The largest absolute Gasteiger partial charge is 0.478 e. The molecule has 17 heavy (non-hydrogen) atoms. The van der Waals surface area contributed by atoms with Crippen LogP contribution in [-0.2, 0) is 4.79 Å². The van der Waals surface area contributed by atoms with E-state index in [1.807, 2.05) is 37.3 Å². The van der Waals surface area contributed by atoms with Gasteiger partial charge in [-0.15, -0.1) is 0 Å². The van der Waals surface area contributed by atoms with Crippen LogP contribution in [0.1, 0.15) is 11.4 Å². The van der Waals surface area contributed by atoms with Crippen molar-refractivity contribution in [2.24, 2.45) is 0 Å². The Balaban J connectivity index is 2.34. The number of hydrogen-bond donors (Lipinski definition) is 2. The van der Waals surface area contributed by atoms with Gasteiger partial charge in [-0.1, -0.05) is 30.3 Å². The van der Waals surface area contributed by atoms with Gasteiger partial charge in [-0.3, -0.25) is 0 Å². The summed E-state index contributed by atoms with van der Waals surface area (Å²) in [5, 5.41) is 8.56. The molecule has 0 spiro atoms. The number of H-pyrrole nitrogens is 1. The van der Waals surface area contributed by atoms with E-state index in [0.29, 0.717) is 5.69 Å². The maximum absolute atomic E-state index is 10.4. The molecule has 0 aliphatic carbocycles. The van der Waals surface area contributed by atoms with Crippen LogP contribution in [0.2, 0.25) is 0 Å². The Labute approximate surface area is 98.6 Å². The summed E-state index contributed by atoms with van der Waals surface area (Å²) in [7, 11) is 0. The summed E-state index contributed by atoms with van der Waals surface area (Å²) in [6, 6.07) is 9.69. The summed E-state index contributed by atoms with van der Waals surface area (Å²) < 4.78 is 0. The highest BCUT2D eigenvalue weighted by atomic mass is 16.4. The van der Waals surface area contributed by atoms with Crippen molar-refractivity contribution in [3.8, 4) is 11.4 Å². The Morgan fingerprint density at radius 2 is 2.06 bits per heavy atom. The van der Waals surface area contributed by atoms with Crippen molar-refractivity contribution in [1.82, 2.24) is 9.97 Å². The zero-order chi connectivity index (χ0) is 12.3. The summed E-state index contributed by atoms with van der Waals surface area (Å²) >= 11 is 0. The van der Waals surface area contributed by atoms with Crippen LogP contribution in [0.3, 0.4) is 0 Å². The van der Waals surface area contributed by atoms with E-state index in [9.17, 15) is 4.79 Å². The standard InChI is InChI=1S/C13H12N2O2/c1-9-11(7-8-12(16)17)15-13(14-9)10-5-3-2-4-6-10/h2-8H,1H3,(H,14,15)(H,16,17)/b8-7+. The van der Waals surface area contributed by atoms with Crippen molar-refractivity contribution in [1.29, 1.82) is 0 Å². The van der Waals surface area contributed by atoms with Gasteiger partial charge in [0.2, 0.25) is 0 Å². The molecule has 86 valence electrons. The molecule has 1 aromatic carbocycles. The molecule has 2 rings (SSSR count). The second-order valence-electron chi connectivity index (χ2n) is 3.63. The van der Waals surface area contributed by atoms with E-state index >= 15 is 0 Å². The number of carboxylic acids is 1. The second-order valence-corrected chi connectivity index (χ2v) is 3.63. The highest BCUT2D eigenvalue weighted by Gasteiger charge is 2.05. The number of hydrogen-bond acceptors (Lipinski definition) is 2. The van der Waals surface area contributed by atoms with Crippen LogP contribution in [0.25, 0.3) is 17.5 Å². The van der Waals surface area contributed by atoms with Crippen LogP contribution < -0.4 is 0 Å². The Hall–Kier alpha value is -2.36. The molecule has 0 radical (unpaired) electrons. The summed E-state index contributed by atoms with van der Waals surface area (Å²) in [6.45, 7) is 1.86. The van der Waals surface area contributed by atoms with E-state index in [1.54, 1.807) is 0 Å². The lowest BCUT2D eigenvalue weighted by molar-refractivity contribution is -0.131. The fraction of sp³-hybridized carbons (Fsp3) is 0.0769. The fourth-order valence-corrected chi connectivity index (χ4v) is 1.52. The van der Waals surface area contributed by atoms with Gasteiger partial charge in [0, 0.05) is 17.3 Å². The molecule has 0 aliphatic rings. The third-order valence-corrected chi connectivity index (χ3v) is 2.35. The molecule has 4 heteroatoms. The summed E-state index contributed by atoms with van der Waals surface area (Å²) in [6.07, 6.45) is 2.57. The molecular formula is C13H12N2O2. The molecular weight excluding hydrogens is 216 g/mol. The maximum atomic E-state index is 10.4. The first-order valence-corrected chi connectivity index (χ1v) is 5.20. The smallest absolute Gasteiger partial charge is 0.328 e. The molecule has 0 fully saturated rings. The van der Waals surface area contributed by atoms with Crippen LogP contribution in [0.4, 0.5) is 0 Å². The number of benzene rings is 1. The summed E-state index contributed by atoms with van der Waals surface area (Å²) in [5.41, 5.74) is 2.47. The Bertz CT molecular complexity index is 556. The third-order valence-electron chi connectivity index (χ3n) is 2.35. The van der Waals surface area contributed by atoms with Crippen LogP contribution in [0.15, 0.2) is 36.4 Å². The molecule has 0 saturated carbocycles. The van der Waals surface area contributed by atoms with E-state index in [4.69, 9.17) is 5.11 Å². The number of carboxylic acid groups (broad SMARTS) is 1. The normalized spacial score (nSPS) is 10.9. The van der Waals surface area contributed by atoms with Crippen molar-refractivity contribution in [2.75, 3.05) is 0 Å². The van der Waals surface area contributed by atoms with E-state index in [0.717, 1.165) is 23.2 Å². The highest BCUT2D eigenvalue weighted by molar-refractivity contribution is 5.85. The number of rotatable bonds is 3. The first-order valence-electron chi connectivity index (χ1n) is 5.20. The number of nitrogens with one attached hydrogen (secondary N) is 1. The van der Waals surface area contributed by atoms with Gasteiger partial charge in [-0.25, -0.2) is 9.78 Å². The lowest BCUT2D eigenvalue weighted by Crippen LogP contribution is -1.86. The number of imidazole rings is 1. The van der Waals surface area contributed by atoms with E-state index in [1.165, 1.54) is 6.08 Å². The molecule has 1 aromatic heterocycles. The number of nitrogens with zero attached hydrogens (tertiary/aromatic N) is 1. The van der Waals surface area contributed by atoms with E-state index in [-0.39, 0.29) is 0 Å². The predicted octanol–water partition coefficient (Wildman–Crippen LogP) is 2.48. The van der Waals surface area contributed by atoms with Gasteiger partial charge in [0.1, 0.15) is 5.82 Å². The third kappa shape index (κ3) is 2.60.